The van der Waals surface area contributed by atoms with Crippen molar-refractivity contribution in [3.8, 4) is 16.2 Å². The number of benzene rings is 1. The maximum absolute atomic E-state index is 6.34. The normalized spacial score (nSPS) is 17.4. The molecule has 1 aromatic carbocycles. The van der Waals surface area contributed by atoms with E-state index in [-0.39, 0.29) is 0 Å². The Hall–Kier alpha value is -2.68. The van der Waals surface area contributed by atoms with E-state index in [1.54, 1.807) is 18.4 Å². The highest BCUT2D eigenvalue weighted by atomic mass is 32.1. The Balaban J connectivity index is 1.64. The van der Waals surface area contributed by atoms with E-state index in [0.717, 1.165) is 41.2 Å². The van der Waals surface area contributed by atoms with Gasteiger partial charge in [0.2, 0.25) is 0 Å². The molecule has 162 valence electrons. The molecular formula is C23H28N6OS. The van der Waals surface area contributed by atoms with E-state index < -0.39 is 0 Å². The standard InChI is InChI=1S/C23H28N6OS/c1-14-7-15-9-19(31-22(15)18(8-14)30-4)20-16(10-28-6-5-17(12-28)27(2)3)11-29-21(20)23(24)25-13-26-29/h7-9,11,13,17H,5-6,10,12H2,1-4H3,(H2,24,25,26)/t17-/m1/s1. The number of hydrogen-bond acceptors (Lipinski definition) is 7. The van der Waals surface area contributed by atoms with Crippen molar-refractivity contribution in [2.24, 2.45) is 0 Å². The van der Waals surface area contributed by atoms with Crippen molar-refractivity contribution in [2.75, 3.05) is 40.0 Å². The van der Waals surface area contributed by atoms with Crippen LogP contribution in [0.4, 0.5) is 5.82 Å². The van der Waals surface area contributed by atoms with Crippen LogP contribution in [0.1, 0.15) is 17.5 Å². The fourth-order valence-electron chi connectivity index (χ4n) is 4.64. The van der Waals surface area contributed by atoms with Crippen molar-refractivity contribution >= 4 is 32.8 Å². The van der Waals surface area contributed by atoms with E-state index >= 15 is 0 Å². The van der Waals surface area contributed by atoms with E-state index in [2.05, 4.69) is 65.3 Å². The van der Waals surface area contributed by atoms with Crippen LogP contribution in [-0.2, 0) is 6.54 Å². The molecule has 0 amide bonds. The van der Waals surface area contributed by atoms with Crippen molar-refractivity contribution in [3.05, 3.63) is 41.9 Å². The van der Waals surface area contributed by atoms with E-state index in [1.165, 1.54) is 34.1 Å². The van der Waals surface area contributed by atoms with Gasteiger partial charge in [0.25, 0.3) is 0 Å². The maximum Gasteiger partial charge on any atom is 0.152 e. The summed E-state index contributed by atoms with van der Waals surface area (Å²) in [5, 5.41) is 5.63. The van der Waals surface area contributed by atoms with E-state index in [1.807, 2.05) is 4.52 Å². The van der Waals surface area contributed by atoms with Gasteiger partial charge in [0.15, 0.2) is 5.82 Å². The van der Waals surface area contributed by atoms with Crippen LogP contribution in [0.15, 0.2) is 30.7 Å². The number of fused-ring (bicyclic) bond motifs is 2. The van der Waals surface area contributed by atoms with Crippen molar-refractivity contribution < 1.29 is 4.74 Å². The molecule has 2 N–H and O–H groups in total. The van der Waals surface area contributed by atoms with Crippen molar-refractivity contribution in [3.63, 3.8) is 0 Å². The van der Waals surface area contributed by atoms with Gasteiger partial charge in [-0.3, -0.25) is 4.90 Å². The summed E-state index contributed by atoms with van der Waals surface area (Å²) in [6.45, 7) is 5.13. The van der Waals surface area contributed by atoms with E-state index in [9.17, 15) is 0 Å². The second-order valence-corrected chi connectivity index (χ2v) is 9.66. The van der Waals surface area contributed by atoms with Crippen LogP contribution in [0.3, 0.4) is 0 Å². The number of likely N-dealkylation sites (N-methyl/N-ethyl adjacent to an activating group) is 1. The molecule has 0 bridgehead atoms. The first-order valence-electron chi connectivity index (χ1n) is 10.5. The Morgan fingerprint density at radius 3 is 2.87 bits per heavy atom. The first kappa shape index (κ1) is 20.2. The molecule has 0 spiro atoms. The Labute approximate surface area is 186 Å². The number of ether oxygens (including phenoxy) is 1. The molecule has 0 radical (unpaired) electrons. The summed E-state index contributed by atoms with van der Waals surface area (Å²) in [4.78, 5) is 10.3. The Morgan fingerprint density at radius 1 is 1.29 bits per heavy atom. The minimum absolute atomic E-state index is 0.504. The smallest absolute Gasteiger partial charge is 0.152 e. The summed E-state index contributed by atoms with van der Waals surface area (Å²) in [5.74, 6) is 1.42. The van der Waals surface area contributed by atoms with Gasteiger partial charge in [-0.15, -0.1) is 11.3 Å². The first-order chi connectivity index (χ1) is 14.9. The number of thiophene rings is 1. The van der Waals surface area contributed by atoms with Crippen molar-refractivity contribution in [1.29, 1.82) is 0 Å². The molecular weight excluding hydrogens is 408 g/mol. The molecule has 1 saturated heterocycles. The fourth-order valence-corrected chi connectivity index (χ4v) is 5.85. The number of methoxy groups -OCH3 is 1. The summed E-state index contributed by atoms with van der Waals surface area (Å²) in [6, 6.07) is 7.14. The summed E-state index contributed by atoms with van der Waals surface area (Å²) < 4.78 is 8.69. The monoisotopic (exact) mass is 436 g/mol. The molecule has 3 aromatic heterocycles. The zero-order valence-corrected chi connectivity index (χ0v) is 19.2. The van der Waals surface area contributed by atoms with E-state index in [4.69, 9.17) is 10.5 Å². The number of aryl methyl sites for hydroxylation is 1. The van der Waals surface area contributed by atoms with Gasteiger partial charge in [-0.1, -0.05) is 6.07 Å². The maximum atomic E-state index is 6.34. The molecule has 1 aliphatic rings. The zero-order valence-electron chi connectivity index (χ0n) is 18.4. The van der Waals surface area contributed by atoms with Crippen LogP contribution in [-0.4, -0.2) is 64.7 Å². The first-order valence-corrected chi connectivity index (χ1v) is 11.3. The Morgan fingerprint density at radius 2 is 2.13 bits per heavy atom. The number of hydrogen-bond donors (Lipinski definition) is 1. The zero-order chi connectivity index (χ0) is 21.7. The summed E-state index contributed by atoms with van der Waals surface area (Å²) in [5.41, 5.74) is 10.8. The van der Waals surface area contributed by atoms with Gasteiger partial charge in [0.05, 0.1) is 11.8 Å². The predicted molar refractivity (Wildman–Crippen MR) is 127 cm³/mol. The van der Waals surface area contributed by atoms with Crippen molar-refractivity contribution in [2.45, 2.75) is 25.9 Å². The lowest BCUT2D eigenvalue weighted by Crippen LogP contribution is -2.31. The minimum Gasteiger partial charge on any atom is -0.495 e. The van der Waals surface area contributed by atoms with Crippen LogP contribution in [0, 0.1) is 6.92 Å². The lowest BCUT2D eigenvalue weighted by molar-refractivity contribution is 0.265. The molecule has 0 saturated carbocycles. The molecule has 4 aromatic rings. The third kappa shape index (κ3) is 3.54. The fraction of sp³-hybridized carbons (Fsp3) is 0.391. The van der Waals surface area contributed by atoms with Gasteiger partial charge in [0.1, 0.15) is 17.6 Å². The Bertz CT molecular complexity index is 1260. The number of nitrogens with zero attached hydrogens (tertiary/aromatic N) is 5. The topological polar surface area (TPSA) is 71.9 Å². The molecule has 0 aliphatic carbocycles. The molecule has 1 aliphatic heterocycles. The highest BCUT2D eigenvalue weighted by molar-refractivity contribution is 7.22. The van der Waals surface area contributed by atoms with Gasteiger partial charge < -0.3 is 15.4 Å². The molecule has 8 heteroatoms. The van der Waals surface area contributed by atoms with Crippen LogP contribution in [0.25, 0.3) is 26.0 Å². The Kier molecular flexibility index (Phi) is 5.08. The third-order valence-corrected chi connectivity index (χ3v) is 7.43. The van der Waals surface area contributed by atoms with Crippen LogP contribution < -0.4 is 10.5 Å². The number of rotatable bonds is 5. The SMILES string of the molecule is COc1cc(C)cc2cc(-c3c(CN4CC[C@@H](N(C)C)C4)cn4ncnc(N)c34)sc12. The largest absolute Gasteiger partial charge is 0.495 e. The molecule has 31 heavy (non-hydrogen) atoms. The molecule has 5 rings (SSSR count). The predicted octanol–water partition coefficient (Wildman–Crippen LogP) is 3.65. The highest BCUT2D eigenvalue weighted by Gasteiger charge is 2.27. The molecule has 1 fully saturated rings. The lowest BCUT2D eigenvalue weighted by Gasteiger charge is -2.20. The van der Waals surface area contributed by atoms with Crippen LogP contribution in [0.2, 0.25) is 0 Å². The van der Waals surface area contributed by atoms with Crippen LogP contribution >= 0.6 is 11.3 Å². The van der Waals surface area contributed by atoms with Crippen molar-refractivity contribution in [1.82, 2.24) is 24.4 Å². The second kappa shape index (κ2) is 7.78. The third-order valence-electron chi connectivity index (χ3n) is 6.25. The lowest BCUT2D eigenvalue weighted by atomic mass is 10.1. The van der Waals surface area contributed by atoms with Gasteiger partial charge in [-0.25, -0.2) is 9.50 Å². The van der Waals surface area contributed by atoms with Gasteiger partial charge >= 0.3 is 0 Å². The quantitative estimate of drug-likeness (QED) is 0.515. The molecule has 1 atom stereocenters. The second-order valence-electron chi connectivity index (χ2n) is 8.61. The number of aromatic nitrogens is 3. The summed E-state index contributed by atoms with van der Waals surface area (Å²) in [7, 11) is 6.05. The average Bonchev–Trinajstić information content (AvgIpc) is 3.44. The minimum atomic E-state index is 0.504. The average molecular weight is 437 g/mol. The number of anilines is 1. The summed E-state index contributed by atoms with van der Waals surface area (Å²) in [6.07, 6.45) is 4.82. The molecule has 0 unspecified atom stereocenters. The van der Waals surface area contributed by atoms with E-state index in [0.29, 0.717) is 11.9 Å². The molecule has 4 heterocycles. The summed E-state index contributed by atoms with van der Waals surface area (Å²) >= 11 is 1.74. The van der Waals surface area contributed by atoms with Gasteiger partial charge in [-0.05, 0) is 56.1 Å². The highest BCUT2D eigenvalue weighted by Crippen LogP contribution is 2.43. The van der Waals surface area contributed by atoms with Gasteiger partial charge in [0, 0.05) is 42.3 Å². The number of nitrogens with two attached hydrogens (primary N) is 1. The number of nitrogen functional groups attached to an aromatic ring is 1. The number of likely N-dealkylation sites (tertiary alicyclic amines) is 1. The van der Waals surface area contributed by atoms with Crippen LogP contribution in [0.5, 0.6) is 5.75 Å². The molecule has 7 nitrogen and oxygen atoms in total. The van der Waals surface area contributed by atoms with Gasteiger partial charge in [-0.2, -0.15) is 5.10 Å².